The van der Waals surface area contributed by atoms with Crippen LogP contribution >= 0.6 is 11.8 Å². The number of rotatable bonds is 8. The van der Waals surface area contributed by atoms with Crippen LogP contribution in [-0.2, 0) is 9.53 Å². The summed E-state index contributed by atoms with van der Waals surface area (Å²) in [6.07, 6.45) is 1.72. The van der Waals surface area contributed by atoms with Crippen LogP contribution in [0.3, 0.4) is 0 Å². The van der Waals surface area contributed by atoms with Gasteiger partial charge in [0.1, 0.15) is 11.6 Å². The van der Waals surface area contributed by atoms with Crippen LogP contribution in [-0.4, -0.2) is 68.0 Å². The molecule has 3 aromatic rings. The molecule has 0 unspecified atom stereocenters. The Hall–Kier alpha value is -3.79. The zero-order chi connectivity index (χ0) is 24.6. The lowest BCUT2D eigenvalue weighted by Crippen LogP contribution is -2.47. The second kappa shape index (κ2) is 11.6. The third-order valence-corrected chi connectivity index (χ3v) is 6.41. The first kappa shape index (κ1) is 24.3. The number of carbonyl (C=O) groups excluding carboxylic acids is 2. The number of amides is 1. The molecule has 35 heavy (non-hydrogen) atoms. The number of anilines is 3. The van der Waals surface area contributed by atoms with Gasteiger partial charge in [-0.2, -0.15) is 0 Å². The number of ether oxygens (including phenoxy) is 2. The van der Waals surface area contributed by atoms with Gasteiger partial charge in [0.2, 0.25) is 5.91 Å². The zero-order valence-electron chi connectivity index (χ0n) is 19.6. The highest BCUT2D eigenvalue weighted by Gasteiger charge is 2.21. The molecule has 1 saturated heterocycles. The Labute approximate surface area is 208 Å². The molecule has 182 valence electrons. The zero-order valence-corrected chi connectivity index (χ0v) is 20.5. The Morgan fingerprint density at radius 3 is 2.54 bits per heavy atom. The summed E-state index contributed by atoms with van der Waals surface area (Å²) in [4.78, 5) is 37.6. The van der Waals surface area contributed by atoms with Gasteiger partial charge in [0, 0.05) is 38.1 Å². The number of aromatic nitrogens is 2. The number of thioether (sulfide) groups is 1. The summed E-state index contributed by atoms with van der Waals surface area (Å²) in [5.41, 5.74) is 2.00. The number of hydrogen-bond donors (Lipinski definition) is 1. The molecule has 0 radical (unpaired) electrons. The van der Waals surface area contributed by atoms with Crippen LogP contribution in [0.2, 0.25) is 0 Å². The number of methoxy groups -OCH3 is 2. The Kier molecular flexibility index (Phi) is 8.04. The fraction of sp³-hybridized carbons (Fsp3) is 0.280. The molecule has 1 aliphatic heterocycles. The third-order valence-electron chi connectivity index (χ3n) is 5.55. The molecule has 0 bridgehead atoms. The SMILES string of the molecule is COC(=O)c1cccc(NC(=O)CSc2nccc(N3CCN(c4ccccc4OC)CC3)n2)c1. The van der Waals surface area contributed by atoms with Crippen molar-refractivity contribution < 1.29 is 19.1 Å². The third kappa shape index (κ3) is 6.21. The first-order valence-corrected chi connectivity index (χ1v) is 12.1. The van der Waals surface area contributed by atoms with Gasteiger partial charge in [-0.1, -0.05) is 30.0 Å². The lowest BCUT2D eigenvalue weighted by Gasteiger charge is -2.37. The Balaban J connectivity index is 1.31. The molecule has 1 N–H and O–H groups in total. The molecule has 2 aromatic carbocycles. The summed E-state index contributed by atoms with van der Waals surface area (Å²) >= 11 is 1.26. The summed E-state index contributed by atoms with van der Waals surface area (Å²) in [6, 6.07) is 16.5. The van der Waals surface area contributed by atoms with Gasteiger partial charge >= 0.3 is 5.97 Å². The maximum atomic E-state index is 12.4. The predicted molar refractivity (Wildman–Crippen MR) is 137 cm³/mol. The average Bonchev–Trinajstić information content (AvgIpc) is 2.92. The van der Waals surface area contributed by atoms with Gasteiger partial charge in [0.15, 0.2) is 5.16 Å². The van der Waals surface area contributed by atoms with Crippen molar-refractivity contribution in [2.45, 2.75) is 5.16 Å². The van der Waals surface area contributed by atoms with E-state index in [0.29, 0.717) is 16.4 Å². The van der Waals surface area contributed by atoms with E-state index < -0.39 is 5.97 Å². The molecule has 9 nitrogen and oxygen atoms in total. The molecule has 1 amide bonds. The number of piperazine rings is 1. The van der Waals surface area contributed by atoms with Crippen molar-refractivity contribution in [3.05, 3.63) is 66.4 Å². The van der Waals surface area contributed by atoms with Gasteiger partial charge in [-0.05, 0) is 36.4 Å². The first-order chi connectivity index (χ1) is 17.1. The fourth-order valence-corrected chi connectivity index (χ4v) is 4.44. The first-order valence-electron chi connectivity index (χ1n) is 11.1. The maximum Gasteiger partial charge on any atom is 0.337 e. The summed E-state index contributed by atoms with van der Waals surface area (Å²) < 4.78 is 10.2. The van der Waals surface area contributed by atoms with Gasteiger partial charge in [0.05, 0.1) is 31.2 Å². The van der Waals surface area contributed by atoms with E-state index in [-0.39, 0.29) is 11.7 Å². The number of para-hydroxylation sites is 2. The van der Waals surface area contributed by atoms with Crippen LogP contribution in [0.25, 0.3) is 0 Å². The van der Waals surface area contributed by atoms with Crippen LogP contribution in [0.4, 0.5) is 17.2 Å². The molecule has 0 saturated carbocycles. The van der Waals surface area contributed by atoms with E-state index in [2.05, 4.69) is 31.2 Å². The lowest BCUT2D eigenvalue weighted by molar-refractivity contribution is -0.113. The Morgan fingerprint density at radius 2 is 1.77 bits per heavy atom. The van der Waals surface area contributed by atoms with Crippen LogP contribution in [0, 0.1) is 0 Å². The molecule has 1 aliphatic rings. The van der Waals surface area contributed by atoms with E-state index >= 15 is 0 Å². The molecule has 2 heterocycles. The van der Waals surface area contributed by atoms with E-state index in [4.69, 9.17) is 9.47 Å². The molecule has 1 aromatic heterocycles. The minimum absolute atomic E-state index is 0.146. The number of carbonyl (C=O) groups is 2. The summed E-state index contributed by atoms with van der Waals surface area (Å²) in [5, 5.41) is 3.33. The van der Waals surface area contributed by atoms with E-state index in [0.717, 1.165) is 43.4 Å². The average molecular weight is 494 g/mol. The number of nitrogens with zero attached hydrogens (tertiary/aromatic N) is 4. The second-order valence-corrected chi connectivity index (χ2v) is 8.70. The van der Waals surface area contributed by atoms with Crippen LogP contribution in [0.5, 0.6) is 5.75 Å². The van der Waals surface area contributed by atoms with Crippen molar-refractivity contribution in [1.82, 2.24) is 9.97 Å². The van der Waals surface area contributed by atoms with Crippen LogP contribution < -0.4 is 19.9 Å². The van der Waals surface area contributed by atoms with Crippen molar-refractivity contribution in [1.29, 1.82) is 0 Å². The van der Waals surface area contributed by atoms with E-state index in [9.17, 15) is 9.59 Å². The fourth-order valence-electron chi connectivity index (χ4n) is 3.81. The van der Waals surface area contributed by atoms with Gasteiger partial charge < -0.3 is 24.6 Å². The molecule has 4 rings (SSSR count). The van der Waals surface area contributed by atoms with E-state index in [1.165, 1.54) is 18.9 Å². The standard InChI is InChI=1S/C25H27N5O4S/c1-33-21-9-4-3-8-20(21)29-12-14-30(15-13-29)22-10-11-26-25(28-22)35-17-23(31)27-19-7-5-6-18(16-19)24(32)34-2/h3-11,16H,12-15,17H2,1-2H3,(H,27,31). The van der Waals surface area contributed by atoms with Crippen LogP contribution in [0.1, 0.15) is 10.4 Å². The van der Waals surface area contributed by atoms with Gasteiger partial charge in [0.25, 0.3) is 0 Å². The van der Waals surface area contributed by atoms with E-state index in [1.807, 2.05) is 24.3 Å². The lowest BCUT2D eigenvalue weighted by atomic mass is 10.2. The van der Waals surface area contributed by atoms with Gasteiger partial charge in [-0.3, -0.25) is 4.79 Å². The Morgan fingerprint density at radius 1 is 1.00 bits per heavy atom. The quantitative estimate of drug-likeness (QED) is 0.288. The molecular formula is C25H27N5O4S. The van der Waals surface area contributed by atoms with Crippen molar-refractivity contribution >= 4 is 40.8 Å². The van der Waals surface area contributed by atoms with Crippen molar-refractivity contribution in [3.63, 3.8) is 0 Å². The van der Waals surface area contributed by atoms with Crippen LogP contribution in [0.15, 0.2) is 66.0 Å². The number of benzene rings is 2. The normalized spacial score (nSPS) is 13.3. The highest BCUT2D eigenvalue weighted by molar-refractivity contribution is 7.99. The smallest absolute Gasteiger partial charge is 0.337 e. The largest absolute Gasteiger partial charge is 0.495 e. The summed E-state index contributed by atoms with van der Waals surface area (Å²) in [5.74, 6) is 1.19. The highest BCUT2D eigenvalue weighted by atomic mass is 32.2. The minimum atomic E-state index is -0.454. The van der Waals surface area contributed by atoms with Crippen molar-refractivity contribution in [2.75, 3.05) is 61.3 Å². The molecule has 0 aliphatic carbocycles. The summed E-state index contributed by atoms with van der Waals surface area (Å²) in [7, 11) is 3.01. The molecular weight excluding hydrogens is 466 g/mol. The maximum absolute atomic E-state index is 12.4. The second-order valence-electron chi connectivity index (χ2n) is 7.75. The van der Waals surface area contributed by atoms with Gasteiger partial charge in [-0.25, -0.2) is 14.8 Å². The number of hydrogen-bond acceptors (Lipinski definition) is 9. The molecule has 0 atom stereocenters. The Bertz CT molecular complexity index is 1180. The van der Waals surface area contributed by atoms with Gasteiger partial charge in [-0.15, -0.1) is 0 Å². The molecule has 0 spiro atoms. The molecule has 10 heteroatoms. The predicted octanol–water partition coefficient (Wildman–Crippen LogP) is 3.33. The number of esters is 1. The van der Waals surface area contributed by atoms with E-state index in [1.54, 1.807) is 37.6 Å². The summed E-state index contributed by atoms with van der Waals surface area (Å²) in [6.45, 7) is 3.33. The monoisotopic (exact) mass is 493 g/mol. The minimum Gasteiger partial charge on any atom is -0.495 e. The van der Waals surface area contributed by atoms with Crippen molar-refractivity contribution in [3.8, 4) is 5.75 Å². The van der Waals surface area contributed by atoms with Crippen molar-refractivity contribution in [2.24, 2.45) is 0 Å². The highest BCUT2D eigenvalue weighted by Crippen LogP contribution is 2.29. The topological polar surface area (TPSA) is 96.9 Å². The molecule has 1 fully saturated rings. The number of nitrogens with one attached hydrogen (secondary N) is 1.